The highest BCUT2D eigenvalue weighted by Gasteiger charge is 2.46. The lowest BCUT2D eigenvalue weighted by molar-refractivity contribution is -0.383. The van der Waals surface area contributed by atoms with Crippen molar-refractivity contribution in [1.82, 2.24) is 5.32 Å². The Labute approximate surface area is 191 Å². The van der Waals surface area contributed by atoms with Crippen molar-refractivity contribution in [3.05, 3.63) is 99.6 Å². The number of rotatable bonds is 5. The third-order valence-corrected chi connectivity index (χ3v) is 5.91. The lowest BCUT2D eigenvalue weighted by Crippen LogP contribution is -2.54. The molecule has 7 nitrogen and oxygen atoms in total. The number of nitrogens with zero attached hydrogens (tertiary/aromatic N) is 1. The molecular weight excluding hydrogens is 424 g/mol. The number of benzene rings is 3. The minimum Gasteiger partial charge on any atom is -0.344 e. The van der Waals surface area contributed by atoms with Crippen molar-refractivity contribution in [2.75, 3.05) is 10.6 Å². The maximum atomic E-state index is 13.6. The fraction of sp³-hybridized carbons (Fsp3) is 0.167. The third kappa shape index (κ3) is 4.04. The number of anilines is 2. The third-order valence-electron chi connectivity index (χ3n) is 5.70. The van der Waals surface area contributed by atoms with Crippen molar-refractivity contribution in [3.8, 4) is 0 Å². The second kappa shape index (κ2) is 8.76. The van der Waals surface area contributed by atoms with E-state index >= 15 is 0 Å². The normalized spacial score (nSPS) is 16.7. The van der Waals surface area contributed by atoms with Gasteiger partial charge >= 0.3 is 0 Å². The van der Waals surface area contributed by atoms with Crippen LogP contribution in [0, 0.1) is 17.0 Å². The summed E-state index contributed by atoms with van der Waals surface area (Å²) in [6.07, 6.45) is 1.21. The predicted octanol–water partition coefficient (Wildman–Crippen LogP) is 4.67. The van der Waals surface area contributed by atoms with Gasteiger partial charge in [0.05, 0.1) is 4.92 Å². The van der Waals surface area contributed by atoms with Gasteiger partial charge in [-0.1, -0.05) is 54.6 Å². The number of nitro benzene ring substituents is 1. The van der Waals surface area contributed by atoms with Crippen LogP contribution in [0.4, 0.5) is 17.1 Å². The fourth-order valence-electron chi connectivity index (χ4n) is 4.06. The van der Waals surface area contributed by atoms with Crippen molar-refractivity contribution in [2.24, 2.45) is 0 Å². The fourth-order valence-corrected chi connectivity index (χ4v) is 4.35. The number of nitrogens with one attached hydrogen (secondary N) is 3. The molecule has 3 aromatic carbocycles. The zero-order valence-corrected chi connectivity index (χ0v) is 18.2. The van der Waals surface area contributed by atoms with E-state index in [4.69, 9.17) is 12.2 Å². The zero-order chi connectivity index (χ0) is 22.7. The van der Waals surface area contributed by atoms with E-state index in [1.165, 1.54) is 6.07 Å². The molecule has 1 aliphatic carbocycles. The summed E-state index contributed by atoms with van der Waals surface area (Å²) in [5, 5.41) is 20.6. The number of aryl methyl sites for hydroxylation is 2. The molecule has 3 N–H and O–H groups in total. The maximum Gasteiger partial charge on any atom is 0.292 e. The molecule has 1 unspecified atom stereocenters. The Morgan fingerprint density at radius 1 is 0.969 bits per heavy atom. The predicted molar refractivity (Wildman–Crippen MR) is 129 cm³/mol. The van der Waals surface area contributed by atoms with E-state index in [2.05, 4.69) is 16.0 Å². The van der Waals surface area contributed by atoms with Crippen molar-refractivity contribution in [3.63, 3.8) is 0 Å². The first kappa shape index (κ1) is 21.5. The van der Waals surface area contributed by atoms with E-state index in [0.717, 1.165) is 22.4 Å². The van der Waals surface area contributed by atoms with Crippen molar-refractivity contribution >= 4 is 40.3 Å². The number of fused-ring (bicyclic) bond motifs is 1. The molecule has 32 heavy (non-hydrogen) atoms. The number of thiocarbonyl (C=S) groups is 1. The molecule has 162 valence electrons. The summed E-state index contributed by atoms with van der Waals surface area (Å²) < 4.78 is 0. The van der Waals surface area contributed by atoms with Crippen LogP contribution in [0.3, 0.4) is 0 Å². The van der Waals surface area contributed by atoms with Gasteiger partial charge in [-0.3, -0.25) is 14.9 Å². The summed E-state index contributed by atoms with van der Waals surface area (Å²) >= 11 is 5.50. The van der Waals surface area contributed by atoms with E-state index in [-0.39, 0.29) is 22.4 Å². The minimum atomic E-state index is -1.10. The van der Waals surface area contributed by atoms with Crippen LogP contribution in [-0.2, 0) is 16.8 Å². The minimum absolute atomic E-state index is 0.0955. The first-order chi connectivity index (χ1) is 15.4. The zero-order valence-electron chi connectivity index (χ0n) is 17.4. The van der Waals surface area contributed by atoms with Crippen molar-refractivity contribution in [2.45, 2.75) is 25.3 Å². The van der Waals surface area contributed by atoms with Crippen LogP contribution < -0.4 is 16.0 Å². The summed E-state index contributed by atoms with van der Waals surface area (Å²) in [6, 6.07) is 21.6. The molecule has 0 saturated carbocycles. The van der Waals surface area contributed by atoms with Gasteiger partial charge in [0.2, 0.25) is 0 Å². The van der Waals surface area contributed by atoms with Gasteiger partial charge in [-0.05, 0) is 60.8 Å². The van der Waals surface area contributed by atoms with Gasteiger partial charge in [-0.15, -0.1) is 0 Å². The first-order valence-corrected chi connectivity index (χ1v) is 10.6. The van der Waals surface area contributed by atoms with Crippen molar-refractivity contribution in [1.29, 1.82) is 0 Å². The van der Waals surface area contributed by atoms with Gasteiger partial charge in [0.15, 0.2) is 5.11 Å². The van der Waals surface area contributed by atoms with E-state index in [0.29, 0.717) is 12.8 Å². The summed E-state index contributed by atoms with van der Waals surface area (Å²) in [4.78, 5) is 24.5. The number of hydrogen-bond donors (Lipinski definition) is 3. The van der Waals surface area contributed by atoms with E-state index in [1.807, 2.05) is 55.5 Å². The summed E-state index contributed by atoms with van der Waals surface area (Å²) in [5.41, 5.74) is 2.64. The lowest BCUT2D eigenvalue weighted by Gasteiger charge is -2.32. The molecule has 8 heteroatoms. The number of nitro groups is 1. The molecule has 0 aromatic heterocycles. The molecule has 3 aromatic rings. The molecule has 1 amide bonds. The Bertz CT molecular complexity index is 1210. The van der Waals surface area contributed by atoms with Crippen LogP contribution in [-0.4, -0.2) is 15.9 Å². The largest absolute Gasteiger partial charge is 0.344 e. The van der Waals surface area contributed by atoms with E-state index in [1.54, 1.807) is 18.2 Å². The van der Waals surface area contributed by atoms with E-state index in [9.17, 15) is 14.9 Å². The summed E-state index contributed by atoms with van der Waals surface area (Å²) in [7, 11) is 0. The van der Waals surface area contributed by atoms with Gasteiger partial charge in [0, 0.05) is 11.8 Å². The number of carbonyl (C=O) groups is 1. The number of para-hydroxylation sites is 3. The maximum absolute atomic E-state index is 13.6. The van der Waals surface area contributed by atoms with Crippen LogP contribution in [0.2, 0.25) is 0 Å². The average molecular weight is 447 g/mol. The molecule has 0 spiro atoms. The molecule has 0 aliphatic heterocycles. The molecular formula is C24H22N4O3S. The van der Waals surface area contributed by atoms with Gasteiger partial charge in [-0.25, -0.2) is 0 Å². The highest BCUT2D eigenvalue weighted by atomic mass is 32.1. The van der Waals surface area contributed by atoms with Crippen LogP contribution in [0.5, 0.6) is 0 Å². The van der Waals surface area contributed by atoms with Crippen LogP contribution in [0.1, 0.15) is 23.1 Å². The topological polar surface area (TPSA) is 96.3 Å². The summed E-state index contributed by atoms with van der Waals surface area (Å²) in [6.45, 7) is 1.93. The molecule has 4 rings (SSSR count). The van der Waals surface area contributed by atoms with Crippen LogP contribution >= 0.6 is 12.2 Å². The van der Waals surface area contributed by atoms with Gasteiger partial charge < -0.3 is 16.0 Å². The highest BCUT2D eigenvalue weighted by molar-refractivity contribution is 7.80. The molecule has 0 heterocycles. The van der Waals surface area contributed by atoms with Crippen LogP contribution in [0.25, 0.3) is 0 Å². The average Bonchev–Trinajstić information content (AvgIpc) is 3.15. The SMILES string of the molecule is Cc1ccccc1NC(=O)C1(NC(=S)Nc2ccccc2[N+](=O)[O-])CCc2ccccc21. The second-order valence-electron chi connectivity index (χ2n) is 7.68. The molecule has 1 aliphatic rings. The quantitative estimate of drug-likeness (QED) is 0.299. The van der Waals surface area contributed by atoms with Gasteiger partial charge in [0.25, 0.3) is 11.6 Å². The number of carbonyl (C=O) groups excluding carboxylic acids is 1. The van der Waals surface area contributed by atoms with E-state index < -0.39 is 10.5 Å². The monoisotopic (exact) mass is 446 g/mol. The Morgan fingerprint density at radius 2 is 1.62 bits per heavy atom. The number of hydrogen-bond acceptors (Lipinski definition) is 4. The Kier molecular flexibility index (Phi) is 5.87. The second-order valence-corrected chi connectivity index (χ2v) is 8.09. The summed E-state index contributed by atoms with van der Waals surface area (Å²) in [5.74, 6) is -0.233. The Balaban J connectivity index is 1.66. The molecule has 0 radical (unpaired) electrons. The highest BCUT2D eigenvalue weighted by Crippen LogP contribution is 2.38. The molecule has 0 fully saturated rings. The Hall–Kier alpha value is -3.78. The lowest BCUT2D eigenvalue weighted by atomic mass is 9.90. The standard InChI is InChI=1S/C24H22N4O3S/c1-16-8-2-5-11-19(16)25-22(29)24(15-14-17-9-3-4-10-18(17)24)27-23(32)26-20-12-6-7-13-21(20)28(30)31/h2-13H,14-15H2,1H3,(H,25,29)(H2,26,27,32). The van der Waals surface area contributed by atoms with Gasteiger partial charge in [-0.2, -0.15) is 0 Å². The molecule has 0 saturated heterocycles. The molecule has 0 bridgehead atoms. The Morgan fingerprint density at radius 3 is 2.38 bits per heavy atom. The van der Waals surface area contributed by atoms with Crippen LogP contribution in [0.15, 0.2) is 72.8 Å². The first-order valence-electron chi connectivity index (χ1n) is 10.2. The van der Waals surface area contributed by atoms with Gasteiger partial charge in [0.1, 0.15) is 11.2 Å². The molecule has 1 atom stereocenters. The number of amides is 1. The van der Waals surface area contributed by atoms with Crippen molar-refractivity contribution < 1.29 is 9.72 Å². The smallest absolute Gasteiger partial charge is 0.292 e.